The molecule has 1 aliphatic rings. The summed E-state index contributed by atoms with van der Waals surface area (Å²) >= 11 is 8.38. The first-order valence-corrected chi connectivity index (χ1v) is 9.83. The van der Waals surface area contributed by atoms with Gasteiger partial charge in [0.05, 0.1) is 17.0 Å². The van der Waals surface area contributed by atoms with Crippen molar-refractivity contribution in [1.82, 2.24) is 4.90 Å². The summed E-state index contributed by atoms with van der Waals surface area (Å²) in [6.45, 7) is 1.60. The van der Waals surface area contributed by atoms with Gasteiger partial charge in [-0.3, -0.25) is 19.3 Å². The van der Waals surface area contributed by atoms with Crippen LogP contribution in [0.5, 0.6) is 5.75 Å². The zero-order valence-electron chi connectivity index (χ0n) is 14.4. The lowest BCUT2D eigenvalue weighted by atomic mass is 10.3. The first-order chi connectivity index (χ1) is 12.9. The second kappa shape index (κ2) is 8.16. The molecule has 2 aromatic rings. The van der Waals surface area contributed by atoms with Crippen LogP contribution in [-0.4, -0.2) is 35.6 Å². The number of rotatable bonds is 5. The van der Waals surface area contributed by atoms with E-state index in [1.807, 2.05) is 19.1 Å². The molecular formula is C18H15ClN2O4S2. The number of aryl methyl sites for hydroxylation is 1. The number of thioether (sulfide) groups is 1. The second-order valence-corrected chi connectivity index (χ2v) is 8.33. The third kappa shape index (κ3) is 4.52. The molecule has 0 bridgehead atoms. The molecule has 1 aliphatic heterocycles. The molecule has 0 atom stereocenters. The molecule has 3 amide bonds. The lowest BCUT2D eigenvalue weighted by Gasteiger charge is -2.13. The van der Waals surface area contributed by atoms with Crippen molar-refractivity contribution in [3.63, 3.8) is 0 Å². The van der Waals surface area contributed by atoms with E-state index in [4.69, 9.17) is 16.3 Å². The summed E-state index contributed by atoms with van der Waals surface area (Å²) in [7, 11) is 1.49. The SMILES string of the molecule is COc1ccc(NC(=O)CN2C(=O)SC(=Cc3ccc(C)s3)C2=O)cc1Cl. The van der Waals surface area contributed by atoms with Gasteiger partial charge in [-0.05, 0) is 55.1 Å². The molecule has 27 heavy (non-hydrogen) atoms. The summed E-state index contributed by atoms with van der Waals surface area (Å²) < 4.78 is 5.05. The fraction of sp³-hybridized carbons (Fsp3) is 0.167. The van der Waals surface area contributed by atoms with Crippen LogP contribution in [0.3, 0.4) is 0 Å². The number of benzene rings is 1. The maximum Gasteiger partial charge on any atom is 0.294 e. The number of ether oxygens (including phenoxy) is 1. The Labute approximate surface area is 169 Å². The van der Waals surface area contributed by atoms with Gasteiger partial charge < -0.3 is 10.1 Å². The van der Waals surface area contributed by atoms with Crippen molar-refractivity contribution >= 4 is 63.5 Å². The third-order valence-electron chi connectivity index (χ3n) is 3.65. The molecule has 140 valence electrons. The highest BCUT2D eigenvalue weighted by Gasteiger charge is 2.36. The van der Waals surface area contributed by atoms with Crippen LogP contribution >= 0.6 is 34.7 Å². The monoisotopic (exact) mass is 422 g/mol. The van der Waals surface area contributed by atoms with Gasteiger partial charge in [-0.15, -0.1) is 11.3 Å². The number of methoxy groups -OCH3 is 1. The van der Waals surface area contributed by atoms with Gasteiger partial charge in [0.15, 0.2) is 0 Å². The van der Waals surface area contributed by atoms with Crippen LogP contribution in [0, 0.1) is 6.92 Å². The van der Waals surface area contributed by atoms with Gasteiger partial charge in [0.1, 0.15) is 12.3 Å². The molecule has 1 aromatic carbocycles. The van der Waals surface area contributed by atoms with E-state index in [9.17, 15) is 14.4 Å². The van der Waals surface area contributed by atoms with Crippen LogP contribution in [0.2, 0.25) is 5.02 Å². The summed E-state index contributed by atoms with van der Waals surface area (Å²) in [6.07, 6.45) is 1.67. The number of nitrogens with one attached hydrogen (secondary N) is 1. The van der Waals surface area contributed by atoms with Gasteiger partial charge in [-0.2, -0.15) is 0 Å². The highest BCUT2D eigenvalue weighted by Crippen LogP contribution is 2.33. The maximum atomic E-state index is 12.5. The molecule has 0 radical (unpaired) electrons. The fourth-order valence-corrected chi connectivity index (χ4v) is 4.37. The summed E-state index contributed by atoms with van der Waals surface area (Å²) in [6, 6.07) is 8.59. The molecule has 6 nitrogen and oxygen atoms in total. The lowest BCUT2D eigenvalue weighted by Crippen LogP contribution is -2.36. The largest absolute Gasteiger partial charge is 0.495 e. The average Bonchev–Trinajstić information content (AvgIpc) is 3.13. The Morgan fingerprint density at radius 3 is 2.70 bits per heavy atom. The van der Waals surface area contributed by atoms with Gasteiger partial charge in [-0.25, -0.2) is 0 Å². The van der Waals surface area contributed by atoms with Crippen molar-refractivity contribution in [2.24, 2.45) is 0 Å². The van der Waals surface area contributed by atoms with Crippen molar-refractivity contribution in [2.45, 2.75) is 6.92 Å². The molecule has 1 N–H and O–H groups in total. The number of nitrogens with zero attached hydrogens (tertiary/aromatic N) is 1. The predicted octanol–water partition coefficient (Wildman–Crippen LogP) is 4.39. The minimum absolute atomic E-state index is 0.308. The van der Waals surface area contributed by atoms with Crippen molar-refractivity contribution < 1.29 is 19.1 Å². The lowest BCUT2D eigenvalue weighted by molar-refractivity contribution is -0.127. The van der Waals surface area contributed by atoms with E-state index in [-0.39, 0.29) is 6.54 Å². The van der Waals surface area contributed by atoms with Crippen molar-refractivity contribution in [3.8, 4) is 5.75 Å². The zero-order chi connectivity index (χ0) is 19.6. The Balaban J connectivity index is 1.67. The minimum atomic E-state index is -0.494. The van der Waals surface area contributed by atoms with Crippen LogP contribution in [0.4, 0.5) is 10.5 Å². The van der Waals surface area contributed by atoms with Crippen LogP contribution in [0.25, 0.3) is 6.08 Å². The number of hydrogen-bond donors (Lipinski definition) is 1. The average molecular weight is 423 g/mol. The van der Waals surface area contributed by atoms with Gasteiger partial charge in [0, 0.05) is 15.4 Å². The summed E-state index contributed by atoms with van der Waals surface area (Å²) in [5, 5.41) is 2.49. The van der Waals surface area contributed by atoms with E-state index in [1.165, 1.54) is 24.5 Å². The number of anilines is 1. The normalized spacial score (nSPS) is 15.5. The minimum Gasteiger partial charge on any atom is -0.495 e. The number of amides is 3. The third-order valence-corrected chi connectivity index (χ3v) is 5.80. The summed E-state index contributed by atoms with van der Waals surface area (Å²) in [4.78, 5) is 40.0. The molecule has 0 saturated carbocycles. The molecular weight excluding hydrogens is 408 g/mol. The van der Waals surface area contributed by atoms with Gasteiger partial charge in [0.25, 0.3) is 11.1 Å². The Bertz CT molecular complexity index is 955. The highest BCUT2D eigenvalue weighted by molar-refractivity contribution is 8.18. The van der Waals surface area contributed by atoms with Gasteiger partial charge in [0.2, 0.25) is 5.91 Å². The number of imide groups is 1. The number of hydrogen-bond acceptors (Lipinski definition) is 6. The van der Waals surface area contributed by atoms with E-state index < -0.39 is 17.1 Å². The van der Waals surface area contributed by atoms with E-state index in [0.29, 0.717) is 21.4 Å². The fourth-order valence-electron chi connectivity index (χ4n) is 2.38. The molecule has 0 unspecified atom stereocenters. The molecule has 2 heterocycles. The molecule has 0 aliphatic carbocycles. The number of halogens is 1. The van der Waals surface area contributed by atoms with Crippen molar-refractivity contribution in [1.29, 1.82) is 0 Å². The maximum absolute atomic E-state index is 12.5. The van der Waals surface area contributed by atoms with E-state index in [2.05, 4.69) is 5.32 Å². The molecule has 9 heteroatoms. The summed E-state index contributed by atoms with van der Waals surface area (Å²) in [5.74, 6) is -0.486. The van der Waals surface area contributed by atoms with Crippen molar-refractivity contribution in [2.75, 3.05) is 19.0 Å². The first kappa shape index (κ1) is 19.5. The van der Waals surface area contributed by atoms with Gasteiger partial charge in [-0.1, -0.05) is 11.6 Å². The van der Waals surface area contributed by atoms with Crippen LogP contribution in [0.15, 0.2) is 35.2 Å². The second-order valence-electron chi connectivity index (χ2n) is 5.61. The Hall–Kier alpha value is -2.29. The Morgan fingerprint density at radius 1 is 1.30 bits per heavy atom. The van der Waals surface area contributed by atoms with Crippen molar-refractivity contribution in [3.05, 3.63) is 50.0 Å². The number of thiophene rings is 1. The van der Waals surface area contributed by atoms with E-state index in [1.54, 1.807) is 18.2 Å². The van der Waals surface area contributed by atoms with E-state index in [0.717, 1.165) is 26.4 Å². The van der Waals surface area contributed by atoms with Crippen LogP contribution in [-0.2, 0) is 9.59 Å². The molecule has 1 aromatic heterocycles. The quantitative estimate of drug-likeness (QED) is 0.723. The number of carbonyl (C=O) groups excluding carboxylic acids is 3. The smallest absolute Gasteiger partial charge is 0.294 e. The highest BCUT2D eigenvalue weighted by atomic mass is 35.5. The molecule has 1 saturated heterocycles. The zero-order valence-corrected chi connectivity index (χ0v) is 16.8. The topological polar surface area (TPSA) is 75.7 Å². The molecule has 0 spiro atoms. The Kier molecular flexibility index (Phi) is 5.88. The standard InChI is InChI=1S/C18H15ClN2O4S2/c1-10-3-5-12(26-10)8-15-17(23)21(18(24)27-15)9-16(22)20-11-4-6-14(25-2)13(19)7-11/h3-8H,9H2,1-2H3,(H,20,22). The first-order valence-electron chi connectivity index (χ1n) is 7.82. The molecule has 1 fully saturated rings. The Morgan fingerprint density at radius 2 is 2.07 bits per heavy atom. The van der Waals surface area contributed by atoms with Crippen LogP contribution < -0.4 is 10.1 Å². The molecule has 3 rings (SSSR count). The van der Waals surface area contributed by atoms with E-state index >= 15 is 0 Å². The van der Waals surface area contributed by atoms with Crippen LogP contribution in [0.1, 0.15) is 9.75 Å². The van der Waals surface area contributed by atoms with Gasteiger partial charge >= 0.3 is 0 Å². The summed E-state index contributed by atoms with van der Waals surface area (Å²) in [5.41, 5.74) is 0.447. The predicted molar refractivity (Wildman–Crippen MR) is 108 cm³/mol. The number of carbonyl (C=O) groups is 3.